The number of nitrogens with two attached hydrogens (primary N) is 1. The predicted octanol–water partition coefficient (Wildman–Crippen LogP) is 3.71. The summed E-state index contributed by atoms with van der Waals surface area (Å²) in [7, 11) is 2.38. The summed E-state index contributed by atoms with van der Waals surface area (Å²) in [6.07, 6.45) is 1.88. The Balaban J connectivity index is 0.708. The molecule has 1 aromatic carbocycles. The fourth-order valence-corrected chi connectivity index (χ4v) is 11.9. The normalized spacial score (nSPS) is 15.1. The summed E-state index contributed by atoms with van der Waals surface area (Å²) in [6.45, 7) is 10.9. The van der Waals surface area contributed by atoms with Crippen molar-refractivity contribution < 1.29 is 53.2 Å². The minimum absolute atomic E-state index is 0.0220. The predicted molar refractivity (Wildman–Crippen MR) is 295 cm³/mol. The van der Waals surface area contributed by atoms with Crippen molar-refractivity contribution in [2.75, 3.05) is 86.5 Å². The Kier molecular flexibility index (Phi) is 19.6. The first kappa shape index (κ1) is 57.6. The number of carbonyl (C=O) groups is 6. The van der Waals surface area contributed by atoms with Crippen LogP contribution in [-0.4, -0.2) is 178 Å². The van der Waals surface area contributed by atoms with E-state index in [1.54, 1.807) is 40.8 Å². The highest BCUT2D eigenvalue weighted by Gasteiger charge is 2.30. The third-order valence-electron chi connectivity index (χ3n) is 12.9. The molecule has 2 fully saturated rings. The van der Waals surface area contributed by atoms with E-state index >= 15 is 0 Å². The molecule has 29 heteroatoms. The van der Waals surface area contributed by atoms with Crippen molar-refractivity contribution in [2.24, 2.45) is 5.92 Å². The van der Waals surface area contributed by atoms with Gasteiger partial charge < -0.3 is 50.6 Å². The molecule has 5 aromatic heterocycles. The van der Waals surface area contributed by atoms with Gasteiger partial charge in [-0.15, -0.1) is 11.3 Å². The van der Waals surface area contributed by atoms with E-state index in [1.165, 1.54) is 36.0 Å². The fraction of sp³-hybridized carbons (Fsp3) is 0.440. The topological polar surface area (TPSA) is 353 Å². The number of piperazine rings is 1. The SMILES string of the molecule is Cc1ncc(-c2nc(N3CCOCC3)c3sc(CN4CCN(C(=O)C(C)OC(=O)OCCSSCC(CC(=O)CCC(NC(=O)c5ccc(NCc6cnc7nc(N)[nH]c(=O)c7n6)cc5)C(=O)O)C(=O)O)CC4)c(C)c3n2)cn1. The third-order valence-corrected chi connectivity index (χ3v) is 16.6. The van der Waals surface area contributed by atoms with Crippen molar-refractivity contribution in [1.29, 1.82) is 0 Å². The van der Waals surface area contributed by atoms with Crippen molar-refractivity contribution >= 4 is 107 Å². The van der Waals surface area contributed by atoms with E-state index in [2.05, 4.69) is 57.3 Å². The molecule has 7 N–H and O–H groups in total. The smallest absolute Gasteiger partial charge is 0.481 e. The Morgan fingerprint density at radius 3 is 2.34 bits per heavy atom. The van der Waals surface area contributed by atoms with E-state index in [1.807, 2.05) is 6.92 Å². The minimum atomic E-state index is -1.43. The van der Waals surface area contributed by atoms with Crippen LogP contribution >= 0.6 is 32.9 Å². The van der Waals surface area contributed by atoms with Crippen LogP contribution in [0, 0.1) is 19.8 Å². The van der Waals surface area contributed by atoms with E-state index in [0.717, 1.165) is 42.8 Å². The summed E-state index contributed by atoms with van der Waals surface area (Å²) < 4.78 is 17.1. The summed E-state index contributed by atoms with van der Waals surface area (Å²) >= 11 is 1.68. The van der Waals surface area contributed by atoms with Gasteiger partial charge >= 0.3 is 18.1 Å². The zero-order chi connectivity index (χ0) is 56.2. The molecule has 26 nitrogen and oxygen atoms in total. The largest absolute Gasteiger partial charge is 0.509 e. The summed E-state index contributed by atoms with van der Waals surface area (Å²) in [5.41, 5.74) is 9.00. The number of carboxylic acid groups (broad SMARTS) is 2. The maximum atomic E-state index is 13.3. The highest BCUT2D eigenvalue weighted by molar-refractivity contribution is 8.76. The Labute approximate surface area is 463 Å². The standard InChI is InChI=1S/C50H58N14O12S3/c1-27-37(79-40-38(27)58-41(32-21-52-29(3)53-22-32)59-43(40)63-14-16-74-17-15-63)25-62-10-12-64(13-11-62)46(68)28(2)76-50(73)75-18-19-77-78-26-31(47(69)70)20-35(65)8-9-36(48(71)72)57-44(66)30-4-6-33(7-5-30)54-23-34-24-55-42-39(56-34)45(67)61-49(51)60-42/h4-7,21-22,24,28,31,36,54H,8-20,23,25-26H2,1-3H3,(H,57,66)(H,69,70)(H,71,72)(H3,51,55,60,61,67). The molecule has 6 aromatic rings. The number of H-pyrrole nitrogens is 1. The zero-order valence-corrected chi connectivity index (χ0v) is 45.8. The molecule has 8 rings (SSSR count). The van der Waals surface area contributed by atoms with Gasteiger partial charge in [0.1, 0.15) is 24.3 Å². The van der Waals surface area contributed by atoms with E-state index in [4.69, 9.17) is 29.9 Å². The van der Waals surface area contributed by atoms with Gasteiger partial charge in [0.2, 0.25) is 5.95 Å². The molecule has 3 unspecified atom stereocenters. The van der Waals surface area contributed by atoms with E-state index in [-0.39, 0.29) is 72.5 Å². The molecule has 79 heavy (non-hydrogen) atoms. The number of aliphatic carboxylic acids is 2. The fourth-order valence-electron chi connectivity index (χ4n) is 8.45. The first-order chi connectivity index (χ1) is 38.0. The summed E-state index contributed by atoms with van der Waals surface area (Å²) in [5, 5.41) is 25.1. The number of nitrogens with zero attached hydrogens (tertiary/aromatic N) is 10. The average molecular weight is 1140 g/mol. The summed E-state index contributed by atoms with van der Waals surface area (Å²) in [6, 6.07) is 4.68. The molecule has 0 radical (unpaired) electrons. The van der Waals surface area contributed by atoms with Crippen LogP contribution in [0.15, 0.2) is 47.7 Å². The number of ketones is 1. The number of rotatable bonds is 24. The number of nitrogens with one attached hydrogen (secondary N) is 3. The van der Waals surface area contributed by atoms with Gasteiger partial charge in [-0.2, -0.15) is 4.98 Å². The molecule has 0 bridgehead atoms. The molecule has 2 saturated heterocycles. The number of thiophene rings is 1. The number of aryl methyl sites for hydroxylation is 2. The number of nitrogen functional groups attached to an aromatic ring is 1. The lowest BCUT2D eigenvalue weighted by atomic mass is 10.00. The lowest BCUT2D eigenvalue weighted by molar-refractivity contribution is -0.143. The van der Waals surface area contributed by atoms with Gasteiger partial charge in [0.05, 0.1) is 53.3 Å². The monoisotopic (exact) mass is 1140 g/mol. The first-order valence-corrected chi connectivity index (χ1v) is 28.4. The molecular formula is C50H58N14O12S3. The van der Waals surface area contributed by atoms with Crippen LogP contribution in [0.5, 0.6) is 0 Å². The maximum absolute atomic E-state index is 13.3. The molecule has 2 aliphatic heterocycles. The number of Topliss-reactive ketones (excluding diaryl/α,β-unsaturated/α-hetero) is 1. The van der Waals surface area contributed by atoms with Crippen molar-refractivity contribution in [3.8, 4) is 11.4 Å². The van der Waals surface area contributed by atoms with Crippen LogP contribution in [0.1, 0.15) is 58.5 Å². The number of amides is 2. The number of aromatic nitrogens is 8. The molecule has 7 heterocycles. The summed E-state index contributed by atoms with van der Waals surface area (Å²) in [5.74, 6) is -2.90. The van der Waals surface area contributed by atoms with Crippen molar-refractivity contribution in [1.82, 2.24) is 55.0 Å². The molecule has 2 amide bonds. The van der Waals surface area contributed by atoms with Gasteiger partial charge in [-0.3, -0.25) is 33.9 Å². The van der Waals surface area contributed by atoms with Gasteiger partial charge in [0.15, 0.2) is 28.9 Å². The van der Waals surface area contributed by atoms with Crippen LogP contribution in [0.3, 0.4) is 0 Å². The molecule has 2 aliphatic rings. The van der Waals surface area contributed by atoms with Crippen LogP contribution in [-0.2, 0) is 46.5 Å². The number of hydrogen-bond donors (Lipinski definition) is 6. The molecule has 418 valence electrons. The third kappa shape index (κ3) is 15.4. The number of morpholine rings is 1. The number of fused-ring (bicyclic) bond motifs is 2. The van der Waals surface area contributed by atoms with Gasteiger partial charge in [0.25, 0.3) is 17.4 Å². The zero-order valence-electron chi connectivity index (χ0n) is 43.3. The van der Waals surface area contributed by atoms with Crippen LogP contribution in [0.25, 0.3) is 32.8 Å². The van der Waals surface area contributed by atoms with E-state index in [0.29, 0.717) is 82.1 Å². The van der Waals surface area contributed by atoms with E-state index in [9.17, 15) is 43.8 Å². The second kappa shape index (κ2) is 26.8. The summed E-state index contributed by atoms with van der Waals surface area (Å²) in [4.78, 5) is 129. The average Bonchev–Trinajstić information content (AvgIpc) is 4.00. The number of carbonyl (C=O) groups excluding carboxylic acids is 4. The Bertz CT molecular complexity index is 3250. The van der Waals surface area contributed by atoms with Gasteiger partial charge in [-0.25, -0.2) is 39.5 Å². The quantitative estimate of drug-likeness (QED) is 0.0286. The number of benzene rings is 1. The second-order valence-corrected chi connectivity index (χ2v) is 22.2. The second-order valence-electron chi connectivity index (χ2n) is 18.5. The molecule has 0 saturated carbocycles. The van der Waals surface area contributed by atoms with Gasteiger partial charge in [-0.1, -0.05) is 21.6 Å². The molecule has 0 spiro atoms. The number of hydrogen-bond acceptors (Lipinski definition) is 24. The number of carboxylic acids is 2. The first-order valence-electron chi connectivity index (χ1n) is 25.1. The number of anilines is 3. The van der Waals surface area contributed by atoms with Gasteiger partial charge in [0, 0.05) is 98.7 Å². The van der Waals surface area contributed by atoms with E-state index < -0.39 is 53.4 Å². The lowest BCUT2D eigenvalue weighted by Crippen LogP contribution is -2.51. The molecular weight excluding hydrogens is 1080 g/mol. The highest BCUT2D eigenvalue weighted by Crippen LogP contribution is 2.38. The van der Waals surface area contributed by atoms with Gasteiger partial charge in [-0.05, 0) is 57.0 Å². The Hall–Kier alpha value is -7.60. The van der Waals surface area contributed by atoms with Crippen molar-refractivity contribution in [2.45, 2.75) is 65.3 Å². The molecule has 0 aliphatic carbocycles. The minimum Gasteiger partial charge on any atom is -0.481 e. The molecule has 3 atom stereocenters. The number of ether oxygens (including phenoxy) is 3. The Morgan fingerprint density at radius 1 is 0.899 bits per heavy atom. The maximum Gasteiger partial charge on any atom is 0.509 e. The van der Waals surface area contributed by atoms with Crippen LogP contribution < -0.4 is 26.8 Å². The highest BCUT2D eigenvalue weighted by atomic mass is 33.1. The van der Waals surface area contributed by atoms with Crippen LogP contribution in [0.2, 0.25) is 0 Å². The van der Waals surface area contributed by atoms with Crippen LogP contribution in [0.4, 0.5) is 22.2 Å². The number of aromatic amines is 1. The van der Waals surface area contributed by atoms with Crippen molar-refractivity contribution in [3.05, 3.63) is 80.7 Å². The lowest BCUT2D eigenvalue weighted by Gasteiger charge is -2.35. The Morgan fingerprint density at radius 2 is 1.63 bits per heavy atom. The van der Waals surface area contributed by atoms with Crippen molar-refractivity contribution in [3.63, 3.8) is 0 Å².